The number of hydrogen-bond acceptors (Lipinski definition) is 5. The fourth-order valence-electron chi connectivity index (χ4n) is 1.34. The van der Waals surface area contributed by atoms with Gasteiger partial charge in [0.25, 0.3) is 5.91 Å². The molecule has 0 fully saturated rings. The first-order chi connectivity index (χ1) is 10.5. The normalized spacial score (nSPS) is 11.6. The highest BCUT2D eigenvalue weighted by Crippen LogP contribution is 2.18. The van der Waals surface area contributed by atoms with Gasteiger partial charge in [0.15, 0.2) is 0 Å². The molecule has 0 saturated carbocycles. The molecular weight excluding hydrogens is 296 g/mol. The first-order valence-corrected chi connectivity index (χ1v) is 8.15. The second-order valence-corrected chi connectivity index (χ2v) is 5.50. The van der Waals surface area contributed by atoms with Crippen LogP contribution in [-0.4, -0.2) is 40.6 Å². The third kappa shape index (κ3) is 6.85. The summed E-state index contributed by atoms with van der Waals surface area (Å²) < 4.78 is 4.41. The van der Waals surface area contributed by atoms with Crippen molar-refractivity contribution >= 4 is 23.6 Å². The Morgan fingerprint density at radius 2 is 1.82 bits per heavy atom. The van der Waals surface area contributed by atoms with E-state index in [2.05, 4.69) is 27.4 Å². The monoisotopic (exact) mass is 322 g/mol. The summed E-state index contributed by atoms with van der Waals surface area (Å²) >= 11 is 1.44. The molecule has 0 aliphatic heterocycles. The molecular formula is C16H26N4OS. The number of amides is 1. The first-order valence-electron chi connectivity index (χ1n) is 7.38. The number of aromatic nitrogens is 2. The molecule has 0 radical (unpaired) electrons. The van der Waals surface area contributed by atoms with Crippen LogP contribution in [0.3, 0.4) is 0 Å². The maximum absolute atomic E-state index is 11.7. The zero-order valence-electron chi connectivity index (χ0n) is 14.5. The maximum atomic E-state index is 11.7. The SMILES string of the molecule is CC.CC/C=C(/C)S/N=C(\C)c1cnc(C(=O)N(C)C)nc1. The molecule has 1 aromatic heterocycles. The van der Waals surface area contributed by atoms with E-state index in [1.165, 1.54) is 16.8 Å². The second kappa shape index (κ2) is 11.0. The molecule has 0 saturated heterocycles. The lowest BCUT2D eigenvalue weighted by atomic mass is 10.2. The van der Waals surface area contributed by atoms with Gasteiger partial charge in [0.2, 0.25) is 5.82 Å². The molecule has 0 N–H and O–H groups in total. The van der Waals surface area contributed by atoms with Gasteiger partial charge in [-0.05, 0) is 20.3 Å². The topological polar surface area (TPSA) is 58.5 Å². The lowest BCUT2D eigenvalue weighted by Crippen LogP contribution is -2.24. The van der Waals surface area contributed by atoms with Crippen LogP contribution in [0.2, 0.25) is 0 Å². The molecule has 1 rings (SSSR count). The van der Waals surface area contributed by atoms with Crippen LogP contribution < -0.4 is 0 Å². The van der Waals surface area contributed by atoms with Crippen molar-refractivity contribution < 1.29 is 4.79 Å². The average molecular weight is 322 g/mol. The predicted octanol–water partition coefficient (Wildman–Crippen LogP) is 3.98. The van der Waals surface area contributed by atoms with Gasteiger partial charge < -0.3 is 4.90 Å². The van der Waals surface area contributed by atoms with E-state index in [0.29, 0.717) is 0 Å². The van der Waals surface area contributed by atoms with Gasteiger partial charge in [0.05, 0.1) is 5.71 Å². The van der Waals surface area contributed by atoms with Crippen LogP contribution in [0.25, 0.3) is 0 Å². The van der Waals surface area contributed by atoms with Crippen LogP contribution in [0.4, 0.5) is 0 Å². The number of carbonyl (C=O) groups is 1. The molecule has 6 heteroatoms. The van der Waals surface area contributed by atoms with E-state index in [1.807, 2.05) is 27.7 Å². The standard InChI is InChI=1S/C14H20N4OS.C2H6/c1-6-7-10(2)20-17-11(3)12-8-15-13(16-9-12)14(19)18(4)5;1-2/h7-9H,6H2,1-5H3;1-2H3/b10-7-,17-11+;. The van der Waals surface area contributed by atoms with Crippen molar-refractivity contribution in [2.75, 3.05) is 14.1 Å². The average Bonchev–Trinajstić information content (AvgIpc) is 2.54. The largest absolute Gasteiger partial charge is 0.342 e. The summed E-state index contributed by atoms with van der Waals surface area (Å²) in [7, 11) is 3.34. The Kier molecular flexibility index (Phi) is 10.1. The van der Waals surface area contributed by atoms with E-state index in [1.54, 1.807) is 26.5 Å². The summed E-state index contributed by atoms with van der Waals surface area (Å²) in [6.45, 7) is 10.0. The van der Waals surface area contributed by atoms with Gasteiger partial charge in [0.1, 0.15) is 0 Å². The van der Waals surface area contributed by atoms with Gasteiger partial charge in [-0.15, -0.1) is 0 Å². The van der Waals surface area contributed by atoms with Crippen LogP contribution in [0.15, 0.2) is 27.8 Å². The molecule has 0 bridgehead atoms. The molecule has 0 unspecified atom stereocenters. The fourth-order valence-corrected chi connectivity index (χ4v) is 1.97. The lowest BCUT2D eigenvalue weighted by molar-refractivity contribution is 0.0815. The lowest BCUT2D eigenvalue weighted by Gasteiger charge is -2.08. The smallest absolute Gasteiger partial charge is 0.291 e. The minimum absolute atomic E-state index is 0.196. The molecule has 22 heavy (non-hydrogen) atoms. The summed E-state index contributed by atoms with van der Waals surface area (Å²) in [5, 5.41) is 0. The van der Waals surface area contributed by atoms with Gasteiger partial charge in [-0.1, -0.05) is 26.8 Å². The summed E-state index contributed by atoms with van der Waals surface area (Å²) in [5.74, 6) is -0.0106. The van der Waals surface area contributed by atoms with E-state index in [4.69, 9.17) is 0 Å². The minimum Gasteiger partial charge on any atom is -0.342 e. The van der Waals surface area contributed by atoms with Crippen molar-refractivity contribution in [2.24, 2.45) is 4.40 Å². The zero-order chi connectivity index (χ0) is 17.1. The van der Waals surface area contributed by atoms with Gasteiger partial charge in [-0.2, -0.15) is 0 Å². The van der Waals surface area contributed by atoms with Crippen LogP contribution in [0, 0.1) is 0 Å². The highest BCUT2D eigenvalue weighted by Gasteiger charge is 2.11. The molecule has 0 atom stereocenters. The maximum Gasteiger partial charge on any atom is 0.291 e. The van der Waals surface area contributed by atoms with E-state index >= 15 is 0 Å². The fraction of sp³-hybridized carbons (Fsp3) is 0.500. The van der Waals surface area contributed by atoms with Crippen molar-refractivity contribution in [2.45, 2.75) is 41.0 Å². The third-order valence-corrected chi connectivity index (χ3v) is 3.31. The van der Waals surface area contributed by atoms with Crippen LogP contribution in [0.5, 0.6) is 0 Å². The number of rotatable bonds is 5. The van der Waals surface area contributed by atoms with Crippen LogP contribution in [0.1, 0.15) is 57.2 Å². The van der Waals surface area contributed by atoms with E-state index in [9.17, 15) is 4.79 Å². The van der Waals surface area contributed by atoms with Crippen molar-refractivity contribution in [1.29, 1.82) is 0 Å². The summed E-state index contributed by atoms with van der Waals surface area (Å²) in [6.07, 6.45) is 6.37. The van der Waals surface area contributed by atoms with Crippen molar-refractivity contribution in [3.8, 4) is 0 Å². The zero-order valence-corrected chi connectivity index (χ0v) is 15.4. The summed E-state index contributed by atoms with van der Waals surface area (Å²) in [5.41, 5.74) is 1.65. The Bertz CT molecular complexity index is 521. The Morgan fingerprint density at radius 3 is 2.27 bits per heavy atom. The van der Waals surface area contributed by atoms with Gasteiger partial charge in [-0.3, -0.25) is 4.79 Å². The number of hydrogen-bond donors (Lipinski definition) is 0. The molecule has 5 nitrogen and oxygen atoms in total. The molecule has 1 heterocycles. The molecule has 0 spiro atoms. The van der Waals surface area contributed by atoms with Crippen molar-refractivity contribution in [3.05, 3.63) is 34.8 Å². The Balaban J connectivity index is 0.00000211. The second-order valence-electron chi connectivity index (χ2n) is 4.49. The van der Waals surface area contributed by atoms with E-state index in [0.717, 1.165) is 22.6 Å². The Hall–Kier alpha value is -1.69. The first kappa shape index (κ1) is 20.3. The van der Waals surface area contributed by atoms with Gasteiger partial charge in [-0.25, -0.2) is 14.4 Å². The highest BCUT2D eigenvalue weighted by atomic mass is 32.2. The van der Waals surface area contributed by atoms with Gasteiger partial charge >= 0.3 is 0 Å². The predicted molar refractivity (Wildman–Crippen MR) is 95.2 cm³/mol. The highest BCUT2D eigenvalue weighted by molar-refractivity contribution is 8.01. The molecule has 0 aliphatic carbocycles. The molecule has 0 aliphatic rings. The molecule has 0 aromatic carbocycles. The molecule has 1 aromatic rings. The quantitative estimate of drug-likeness (QED) is 0.608. The van der Waals surface area contributed by atoms with Crippen LogP contribution >= 0.6 is 11.9 Å². The van der Waals surface area contributed by atoms with Crippen LogP contribution in [-0.2, 0) is 0 Å². The minimum atomic E-state index is -0.206. The van der Waals surface area contributed by atoms with Gasteiger partial charge in [0, 0.05) is 48.9 Å². The number of allylic oxidation sites excluding steroid dienone is 2. The number of nitrogens with zero attached hydrogens (tertiary/aromatic N) is 4. The van der Waals surface area contributed by atoms with Crippen molar-refractivity contribution in [3.63, 3.8) is 0 Å². The molecule has 122 valence electrons. The Morgan fingerprint density at radius 1 is 1.27 bits per heavy atom. The summed E-state index contributed by atoms with van der Waals surface area (Å²) in [4.78, 5) is 22.4. The van der Waals surface area contributed by atoms with E-state index < -0.39 is 0 Å². The summed E-state index contributed by atoms with van der Waals surface area (Å²) in [6, 6.07) is 0. The van der Waals surface area contributed by atoms with Crippen molar-refractivity contribution in [1.82, 2.24) is 14.9 Å². The third-order valence-electron chi connectivity index (χ3n) is 2.49. The molecule has 1 amide bonds. The Labute approximate surface area is 138 Å². The number of carbonyl (C=O) groups excluding carboxylic acids is 1. The van der Waals surface area contributed by atoms with E-state index in [-0.39, 0.29) is 11.7 Å².